The zero-order valence-corrected chi connectivity index (χ0v) is 12.6. The Morgan fingerprint density at radius 2 is 2.00 bits per heavy atom. The quantitative estimate of drug-likeness (QED) is 0.880. The summed E-state index contributed by atoms with van der Waals surface area (Å²) in [5, 5.41) is 14.4. The zero-order chi connectivity index (χ0) is 14.2. The van der Waals surface area contributed by atoms with Crippen LogP contribution in [0.3, 0.4) is 0 Å². The molecule has 0 saturated carbocycles. The van der Waals surface area contributed by atoms with Crippen LogP contribution in [0.2, 0.25) is 0 Å². The summed E-state index contributed by atoms with van der Waals surface area (Å²) in [4.78, 5) is 0. The van der Waals surface area contributed by atoms with Gasteiger partial charge in [-0.15, -0.1) is 0 Å². The predicted octanol–water partition coefficient (Wildman–Crippen LogP) is 2.58. The smallest absolute Gasteiger partial charge is 0.124 e. The largest absolute Gasteiger partial charge is 0.496 e. The molecule has 0 aliphatic carbocycles. The molecule has 0 spiro atoms. The number of aryl methyl sites for hydroxylation is 1. The summed E-state index contributed by atoms with van der Waals surface area (Å²) in [6, 6.07) is 2.21. The van der Waals surface area contributed by atoms with Gasteiger partial charge in [0.05, 0.1) is 7.11 Å². The van der Waals surface area contributed by atoms with E-state index in [2.05, 4.69) is 25.2 Å². The molecule has 0 aromatic heterocycles. The van der Waals surface area contributed by atoms with Gasteiger partial charge in [0.25, 0.3) is 0 Å². The van der Waals surface area contributed by atoms with Crippen LogP contribution in [0.5, 0.6) is 5.75 Å². The van der Waals surface area contributed by atoms with Gasteiger partial charge in [-0.05, 0) is 75.4 Å². The second-order valence-electron chi connectivity index (χ2n) is 5.82. The van der Waals surface area contributed by atoms with Gasteiger partial charge in [0, 0.05) is 6.04 Å². The van der Waals surface area contributed by atoms with Crippen LogP contribution in [0.4, 0.5) is 0 Å². The summed E-state index contributed by atoms with van der Waals surface area (Å²) in [7, 11) is 1.70. The maximum atomic E-state index is 11.0. The van der Waals surface area contributed by atoms with Crippen molar-refractivity contribution in [2.75, 3.05) is 13.7 Å². The van der Waals surface area contributed by atoms with Gasteiger partial charge >= 0.3 is 0 Å². The highest BCUT2D eigenvalue weighted by atomic mass is 16.5. The molecule has 19 heavy (non-hydrogen) atoms. The molecule has 1 saturated heterocycles. The van der Waals surface area contributed by atoms with E-state index in [1.165, 1.54) is 0 Å². The molecule has 2 N–H and O–H groups in total. The first-order valence-electron chi connectivity index (χ1n) is 7.00. The third-order valence-corrected chi connectivity index (χ3v) is 4.51. The van der Waals surface area contributed by atoms with Crippen LogP contribution in [0, 0.1) is 20.8 Å². The Hall–Kier alpha value is -1.06. The number of methoxy groups -OCH3 is 1. The molecule has 0 radical (unpaired) electrons. The van der Waals surface area contributed by atoms with Gasteiger partial charge in [-0.3, -0.25) is 0 Å². The Bertz CT molecular complexity index is 474. The monoisotopic (exact) mass is 263 g/mol. The van der Waals surface area contributed by atoms with Gasteiger partial charge in [-0.1, -0.05) is 0 Å². The molecule has 2 rings (SSSR count). The average molecular weight is 263 g/mol. The van der Waals surface area contributed by atoms with Crippen LogP contribution in [-0.2, 0) is 5.60 Å². The summed E-state index contributed by atoms with van der Waals surface area (Å²) in [6.45, 7) is 9.07. The topological polar surface area (TPSA) is 41.5 Å². The summed E-state index contributed by atoms with van der Waals surface area (Å²) in [6.07, 6.45) is 2.16. The molecule has 0 amide bonds. The first-order valence-corrected chi connectivity index (χ1v) is 7.00. The number of ether oxygens (including phenoxy) is 1. The maximum Gasteiger partial charge on any atom is 0.124 e. The van der Waals surface area contributed by atoms with Crippen molar-refractivity contribution in [3.63, 3.8) is 0 Å². The normalized spacial score (nSPS) is 22.3. The van der Waals surface area contributed by atoms with E-state index in [0.717, 1.165) is 47.4 Å². The second-order valence-corrected chi connectivity index (χ2v) is 5.82. The number of nitrogens with one attached hydrogen (secondary N) is 1. The van der Waals surface area contributed by atoms with E-state index in [-0.39, 0.29) is 6.04 Å². The SMILES string of the molecule is COc1c(C)cc(C(C)(O)C2CCCN2)c(C)c1C. The van der Waals surface area contributed by atoms with Crippen LogP contribution >= 0.6 is 0 Å². The highest BCUT2D eigenvalue weighted by molar-refractivity contribution is 5.51. The lowest BCUT2D eigenvalue weighted by Crippen LogP contribution is -2.43. The summed E-state index contributed by atoms with van der Waals surface area (Å²) < 4.78 is 5.45. The van der Waals surface area contributed by atoms with Crippen molar-refractivity contribution >= 4 is 0 Å². The first kappa shape index (κ1) is 14.4. The molecule has 2 unspecified atom stereocenters. The minimum Gasteiger partial charge on any atom is -0.496 e. The Kier molecular flexibility index (Phi) is 3.88. The van der Waals surface area contributed by atoms with Crippen LogP contribution in [-0.4, -0.2) is 24.8 Å². The van der Waals surface area contributed by atoms with Crippen molar-refractivity contribution in [3.8, 4) is 5.75 Å². The van der Waals surface area contributed by atoms with Crippen molar-refractivity contribution in [2.45, 2.75) is 52.2 Å². The third kappa shape index (κ3) is 2.37. The maximum absolute atomic E-state index is 11.0. The Morgan fingerprint density at radius 3 is 2.53 bits per heavy atom. The number of benzene rings is 1. The molecule has 1 aliphatic rings. The van der Waals surface area contributed by atoms with Crippen LogP contribution in [0.15, 0.2) is 6.07 Å². The van der Waals surface area contributed by atoms with Crippen molar-refractivity contribution in [2.24, 2.45) is 0 Å². The lowest BCUT2D eigenvalue weighted by atomic mass is 9.82. The molecule has 2 atom stereocenters. The van der Waals surface area contributed by atoms with Gasteiger partial charge in [0.15, 0.2) is 0 Å². The fourth-order valence-electron chi connectivity index (χ4n) is 3.25. The van der Waals surface area contributed by atoms with Gasteiger partial charge < -0.3 is 15.2 Å². The number of aliphatic hydroxyl groups is 1. The summed E-state index contributed by atoms with van der Waals surface area (Å²) in [5.41, 5.74) is 3.51. The third-order valence-electron chi connectivity index (χ3n) is 4.51. The lowest BCUT2D eigenvalue weighted by Gasteiger charge is -2.33. The van der Waals surface area contributed by atoms with E-state index in [9.17, 15) is 5.11 Å². The highest BCUT2D eigenvalue weighted by Gasteiger charge is 2.37. The van der Waals surface area contributed by atoms with Crippen LogP contribution in [0.1, 0.15) is 42.0 Å². The van der Waals surface area contributed by atoms with Gasteiger partial charge in [-0.25, -0.2) is 0 Å². The van der Waals surface area contributed by atoms with Crippen LogP contribution < -0.4 is 10.1 Å². The summed E-state index contributed by atoms with van der Waals surface area (Å²) in [5.74, 6) is 0.927. The standard InChI is InChI=1S/C16H25NO2/c1-10-9-13(11(2)12(3)15(10)19-5)16(4,18)14-7-6-8-17-14/h9,14,17-18H,6-8H2,1-5H3. The summed E-state index contributed by atoms with van der Waals surface area (Å²) >= 11 is 0. The number of hydrogen-bond acceptors (Lipinski definition) is 3. The predicted molar refractivity (Wildman–Crippen MR) is 77.8 cm³/mol. The van der Waals surface area contributed by atoms with Crippen molar-refractivity contribution in [1.82, 2.24) is 5.32 Å². The van der Waals surface area contributed by atoms with E-state index in [1.54, 1.807) is 7.11 Å². The van der Waals surface area contributed by atoms with Gasteiger partial charge in [0.2, 0.25) is 0 Å². The molecule has 1 aromatic rings. The number of hydrogen-bond donors (Lipinski definition) is 2. The van der Waals surface area contributed by atoms with Crippen LogP contribution in [0.25, 0.3) is 0 Å². The minimum atomic E-state index is -0.831. The van der Waals surface area contributed by atoms with Gasteiger partial charge in [0.1, 0.15) is 11.4 Å². The Balaban J connectivity index is 2.50. The van der Waals surface area contributed by atoms with Crippen molar-refractivity contribution < 1.29 is 9.84 Å². The zero-order valence-electron chi connectivity index (χ0n) is 12.6. The van der Waals surface area contributed by atoms with E-state index < -0.39 is 5.60 Å². The molecular formula is C16H25NO2. The second kappa shape index (κ2) is 5.14. The Morgan fingerprint density at radius 1 is 1.32 bits per heavy atom. The molecule has 0 bridgehead atoms. The molecule has 1 aromatic carbocycles. The fourth-order valence-corrected chi connectivity index (χ4v) is 3.25. The van der Waals surface area contributed by atoms with E-state index in [4.69, 9.17) is 4.74 Å². The molecular weight excluding hydrogens is 238 g/mol. The highest BCUT2D eigenvalue weighted by Crippen LogP contribution is 2.37. The number of rotatable bonds is 3. The fraction of sp³-hybridized carbons (Fsp3) is 0.625. The van der Waals surface area contributed by atoms with Crippen molar-refractivity contribution in [3.05, 3.63) is 28.3 Å². The lowest BCUT2D eigenvalue weighted by molar-refractivity contribution is 0.0211. The van der Waals surface area contributed by atoms with Crippen molar-refractivity contribution in [1.29, 1.82) is 0 Å². The van der Waals surface area contributed by atoms with E-state index in [0.29, 0.717) is 0 Å². The molecule has 3 heteroatoms. The van der Waals surface area contributed by atoms with Gasteiger partial charge in [-0.2, -0.15) is 0 Å². The molecule has 1 fully saturated rings. The first-order chi connectivity index (χ1) is 8.89. The average Bonchev–Trinajstić information content (AvgIpc) is 2.88. The molecule has 1 heterocycles. The minimum absolute atomic E-state index is 0.137. The molecule has 1 aliphatic heterocycles. The van der Waals surface area contributed by atoms with E-state index >= 15 is 0 Å². The van der Waals surface area contributed by atoms with E-state index in [1.807, 2.05) is 13.8 Å². The molecule has 106 valence electrons. The Labute approximate surface area is 116 Å². The molecule has 3 nitrogen and oxygen atoms in total.